The van der Waals surface area contributed by atoms with E-state index >= 15 is 0 Å². The molecule has 0 saturated carbocycles. The molecule has 0 aliphatic heterocycles. The average Bonchev–Trinajstić information content (AvgIpc) is 3.79. The van der Waals surface area contributed by atoms with Gasteiger partial charge in [0.2, 0.25) is 11.8 Å². The Morgan fingerprint density at radius 1 is 0.952 bits per heavy atom. The molecule has 6 rings (SSSR count). The van der Waals surface area contributed by atoms with E-state index in [9.17, 15) is 15.0 Å². The molecule has 0 unspecified atom stereocenters. The third-order valence-corrected chi connectivity index (χ3v) is 8.89. The Balaban J connectivity index is 1.18. The van der Waals surface area contributed by atoms with Crippen LogP contribution < -0.4 is 9.40 Å². The number of carbonyl (C=O) groups excluding carboxylic acids is 1. The molecule has 0 aliphatic rings. The van der Waals surface area contributed by atoms with Gasteiger partial charge in [0, 0.05) is 58.0 Å². The van der Waals surface area contributed by atoms with Crippen LogP contribution in [0.1, 0.15) is 36.1 Å². The number of aryl methyl sites for hydroxylation is 3. The van der Waals surface area contributed by atoms with E-state index in [-0.39, 0.29) is 18.2 Å². The molecule has 6 heterocycles. The van der Waals surface area contributed by atoms with Crippen molar-refractivity contribution in [2.45, 2.75) is 46.1 Å². The van der Waals surface area contributed by atoms with Gasteiger partial charge in [-0.25, -0.2) is 19.0 Å². The summed E-state index contributed by atoms with van der Waals surface area (Å²) in [5.41, 5.74) is 5.97. The van der Waals surface area contributed by atoms with Crippen molar-refractivity contribution in [2.24, 2.45) is 0 Å². The fourth-order valence-corrected chi connectivity index (χ4v) is 6.53. The smallest absolute Gasteiger partial charge is 0.333 e. The monoisotopic (exact) mass is 602 g/mol. The molecule has 0 atom stereocenters. The van der Waals surface area contributed by atoms with Crippen LogP contribution in [0.3, 0.4) is 0 Å². The van der Waals surface area contributed by atoms with Gasteiger partial charge in [-0.05, 0) is 66.1 Å². The number of carbonyl (C=O) groups is 1. The second-order valence-corrected chi connectivity index (χ2v) is 12.2. The molecular formula is C30H28N5O5S2+. The Kier molecular flexibility index (Phi) is 7.72. The second kappa shape index (κ2) is 11.7. The molecule has 0 aromatic carbocycles. The van der Waals surface area contributed by atoms with Crippen LogP contribution in [0.15, 0.2) is 64.9 Å². The molecule has 0 radical (unpaired) electrons. The lowest BCUT2D eigenvalue weighted by Gasteiger charge is -2.10. The van der Waals surface area contributed by atoms with Crippen LogP contribution in [0.25, 0.3) is 43.3 Å². The fraction of sp³-hybridized carbons (Fsp3) is 0.233. The zero-order chi connectivity index (χ0) is 29.2. The van der Waals surface area contributed by atoms with Gasteiger partial charge in [0.15, 0.2) is 17.9 Å². The van der Waals surface area contributed by atoms with Gasteiger partial charge in [-0.1, -0.05) is 0 Å². The Morgan fingerprint density at radius 3 is 2.40 bits per heavy atom. The van der Waals surface area contributed by atoms with E-state index in [0.717, 1.165) is 51.7 Å². The van der Waals surface area contributed by atoms with Gasteiger partial charge >= 0.3 is 5.97 Å². The van der Waals surface area contributed by atoms with Crippen LogP contribution in [-0.4, -0.2) is 36.2 Å². The topological polar surface area (TPSA) is 127 Å². The van der Waals surface area contributed by atoms with Crippen LogP contribution in [-0.2, 0) is 11.3 Å². The maximum absolute atomic E-state index is 12.0. The number of aromatic hydroxyl groups is 2. The second-order valence-electron chi connectivity index (χ2n) is 9.99. The molecule has 10 nitrogen and oxygen atoms in total. The van der Waals surface area contributed by atoms with E-state index in [2.05, 4.69) is 64.4 Å². The lowest BCUT2D eigenvalue weighted by molar-refractivity contribution is -0.697. The van der Waals surface area contributed by atoms with Crippen molar-refractivity contribution in [2.75, 3.05) is 0 Å². The minimum absolute atomic E-state index is 0.183. The first-order valence-electron chi connectivity index (χ1n) is 13.5. The number of aromatic nitrogens is 5. The molecular weight excluding hydrogens is 574 g/mol. The molecule has 6 aromatic rings. The third-order valence-electron chi connectivity index (χ3n) is 6.81. The van der Waals surface area contributed by atoms with Gasteiger partial charge in [0.1, 0.15) is 17.8 Å². The van der Waals surface area contributed by atoms with Crippen molar-refractivity contribution in [1.29, 1.82) is 0 Å². The van der Waals surface area contributed by atoms with E-state index in [0.29, 0.717) is 22.2 Å². The summed E-state index contributed by atoms with van der Waals surface area (Å²) < 4.78 is 8.05. The number of nitrogens with zero attached hydrogens (tertiary/aromatic N) is 5. The van der Waals surface area contributed by atoms with Crippen LogP contribution in [0.4, 0.5) is 0 Å². The van der Waals surface area contributed by atoms with Gasteiger partial charge < -0.3 is 15.1 Å². The van der Waals surface area contributed by atoms with Gasteiger partial charge in [0.25, 0.3) is 0 Å². The molecule has 0 amide bonds. The molecule has 42 heavy (non-hydrogen) atoms. The Hall–Kier alpha value is -4.55. The van der Waals surface area contributed by atoms with Gasteiger partial charge in [-0.2, -0.15) is 0 Å². The highest BCUT2D eigenvalue weighted by Gasteiger charge is 2.24. The quantitative estimate of drug-likeness (QED) is 0.143. The largest absolute Gasteiger partial charge is 0.492 e. The molecule has 0 fully saturated rings. The molecule has 2 N–H and O–H groups in total. The van der Waals surface area contributed by atoms with Crippen molar-refractivity contribution < 1.29 is 29.0 Å². The standard InChI is InChI=1S/C30H27N5O5S2/c1-18-16-22(41-17-18)26-27(31-28(21-8-7-19(2)42-21)30-29(26)32-40-33-30)20-11-14-34(15-12-20)13-5-3-4-6-25(38)39-35-23(36)9-10-24(35)37/h7-12,14-17,32H,3-6,13H2,1-2H3/p+1. The predicted molar refractivity (Wildman–Crippen MR) is 159 cm³/mol. The van der Waals surface area contributed by atoms with Crippen LogP contribution >= 0.6 is 22.7 Å². The van der Waals surface area contributed by atoms with E-state index in [4.69, 9.17) is 14.5 Å². The van der Waals surface area contributed by atoms with E-state index < -0.39 is 5.97 Å². The van der Waals surface area contributed by atoms with Gasteiger partial charge in [0.05, 0.1) is 10.6 Å². The van der Waals surface area contributed by atoms with E-state index in [1.807, 2.05) is 12.4 Å². The van der Waals surface area contributed by atoms with Gasteiger partial charge in [-0.3, -0.25) is 0 Å². The summed E-state index contributed by atoms with van der Waals surface area (Å²) in [5, 5.41) is 29.9. The van der Waals surface area contributed by atoms with Crippen LogP contribution in [0.5, 0.6) is 11.8 Å². The molecule has 214 valence electrons. The third kappa shape index (κ3) is 5.63. The molecule has 0 spiro atoms. The summed E-state index contributed by atoms with van der Waals surface area (Å²) in [4.78, 5) is 25.4. The minimum atomic E-state index is -0.519. The van der Waals surface area contributed by atoms with Crippen molar-refractivity contribution in [3.05, 3.63) is 70.7 Å². The first-order valence-corrected chi connectivity index (χ1v) is 15.2. The highest BCUT2D eigenvalue weighted by atomic mass is 32.1. The molecule has 12 heteroatoms. The van der Waals surface area contributed by atoms with E-state index in [1.54, 1.807) is 22.7 Å². The summed E-state index contributed by atoms with van der Waals surface area (Å²) in [6, 6.07) is 12.9. The van der Waals surface area contributed by atoms with Crippen LogP contribution in [0.2, 0.25) is 0 Å². The first-order chi connectivity index (χ1) is 20.4. The van der Waals surface area contributed by atoms with Crippen LogP contribution in [0, 0.1) is 13.8 Å². The summed E-state index contributed by atoms with van der Waals surface area (Å²) >= 11 is 3.31. The number of hydrogen-bond donors (Lipinski definition) is 2. The summed E-state index contributed by atoms with van der Waals surface area (Å²) in [5.74, 6) is -1.18. The Labute approximate surface area is 249 Å². The highest BCUT2D eigenvalue weighted by molar-refractivity contribution is 7.15. The molecule has 0 bridgehead atoms. The van der Waals surface area contributed by atoms with Crippen molar-refractivity contribution in [3.63, 3.8) is 0 Å². The maximum Gasteiger partial charge on any atom is 0.333 e. The first kappa shape index (κ1) is 27.6. The molecule has 0 saturated heterocycles. The summed E-state index contributed by atoms with van der Waals surface area (Å²) in [6.07, 6.45) is 6.57. The summed E-state index contributed by atoms with van der Waals surface area (Å²) in [7, 11) is 0. The number of hydrogen-bond acceptors (Lipinski definition) is 10. The number of unbranched alkanes of at least 4 members (excludes halogenated alkanes) is 2. The summed E-state index contributed by atoms with van der Waals surface area (Å²) in [6.45, 7) is 4.92. The maximum atomic E-state index is 12.0. The number of rotatable bonds is 10. The molecule has 0 aliphatic carbocycles. The van der Waals surface area contributed by atoms with E-state index in [1.165, 1.54) is 22.6 Å². The zero-order valence-electron chi connectivity index (χ0n) is 23.0. The normalized spacial score (nSPS) is 11.4. The highest BCUT2D eigenvalue weighted by Crippen LogP contribution is 2.42. The zero-order valence-corrected chi connectivity index (χ0v) is 24.6. The minimum Gasteiger partial charge on any atom is -0.492 e. The molecule has 6 aromatic heterocycles. The number of pyridine rings is 2. The van der Waals surface area contributed by atoms with Gasteiger partial charge in [-0.15, -0.1) is 27.4 Å². The Bertz CT molecular complexity index is 1850. The SMILES string of the molecule is Cc1csc(-c2c(-c3cc[n+](CCCCCC(=O)On4c(O)ccc4O)cc3)nc(-c3ccc(C)s3)c3nonc23)c1. The van der Waals surface area contributed by atoms with Crippen molar-refractivity contribution >= 4 is 39.7 Å². The number of thiophene rings is 2. The number of fused-ring (bicyclic) bond motifs is 1. The average molecular weight is 603 g/mol. The fourth-order valence-electron chi connectivity index (χ4n) is 4.73. The lowest BCUT2D eigenvalue weighted by atomic mass is 10.0. The lowest BCUT2D eigenvalue weighted by Crippen LogP contribution is -2.32. The Morgan fingerprint density at radius 2 is 1.71 bits per heavy atom. The van der Waals surface area contributed by atoms with Crippen molar-refractivity contribution in [1.82, 2.24) is 20.0 Å². The van der Waals surface area contributed by atoms with Crippen molar-refractivity contribution in [3.8, 4) is 44.0 Å². The predicted octanol–water partition coefficient (Wildman–Crippen LogP) is 6.07.